The maximum absolute atomic E-state index is 13.2. The van der Waals surface area contributed by atoms with E-state index in [9.17, 15) is 14.0 Å². The molecule has 0 aliphatic heterocycles. The maximum atomic E-state index is 13.2. The Labute approximate surface area is 99.2 Å². The van der Waals surface area contributed by atoms with Crippen molar-refractivity contribution >= 4 is 11.8 Å². The van der Waals surface area contributed by atoms with Crippen LogP contribution < -0.4 is 10.9 Å². The van der Waals surface area contributed by atoms with Crippen molar-refractivity contribution in [1.82, 2.24) is 10.9 Å². The fourth-order valence-corrected chi connectivity index (χ4v) is 1.24. The van der Waals surface area contributed by atoms with E-state index < -0.39 is 11.7 Å². The molecule has 4 nitrogen and oxygen atoms in total. The lowest BCUT2D eigenvalue weighted by Crippen LogP contribution is -2.41. The van der Waals surface area contributed by atoms with Crippen LogP contribution in [0.2, 0.25) is 0 Å². The minimum absolute atomic E-state index is 0.0942. The highest BCUT2D eigenvalue weighted by Gasteiger charge is 2.10. The van der Waals surface area contributed by atoms with Gasteiger partial charge in [-0.3, -0.25) is 20.4 Å². The lowest BCUT2D eigenvalue weighted by atomic mass is 10.2. The van der Waals surface area contributed by atoms with Gasteiger partial charge in [-0.2, -0.15) is 0 Å². The van der Waals surface area contributed by atoms with Crippen LogP contribution in [0.4, 0.5) is 4.39 Å². The summed E-state index contributed by atoms with van der Waals surface area (Å²) in [6.07, 6.45) is 1.99. The molecule has 1 aromatic carbocycles. The summed E-state index contributed by atoms with van der Waals surface area (Å²) in [5.74, 6) is -1.56. The first-order chi connectivity index (χ1) is 8.15. The van der Waals surface area contributed by atoms with Gasteiger partial charge in [0.15, 0.2) is 0 Å². The normalized spacial score (nSPS) is 9.76. The number of carbonyl (C=O) groups is 2. The Kier molecular flexibility index (Phi) is 5.13. The summed E-state index contributed by atoms with van der Waals surface area (Å²) in [5, 5.41) is 0. The number of carbonyl (C=O) groups excluding carboxylic acids is 2. The van der Waals surface area contributed by atoms with Crippen molar-refractivity contribution < 1.29 is 14.0 Å². The second-order valence-electron chi connectivity index (χ2n) is 3.59. The molecule has 0 unspecified atom stereocenters. The zero-order valence-electron chi connectivity index (χ0n) is 9.63. The van der Waals surface area contributed by atoms with E-state index in [1.165, 1.54) is 18.2 Å². The van der Waals surface area contributed by atoms with Crippen LogP contribution in [-0.2, 0) is 4.79 Å². The highest BCUT2D eigenvalue weighted by molar-refractivity contribution is 5.95. The standard InChI is InChI=1S/C12H15FN2O2/c1-2-3-8-11(16)14-15-12(17)9-6-4-5-7-10(9)13/h4-7H,2-3,8H2,1H3,(H,14,16)(H,15,17). The van der Waals surface area contributed by atoms with E-state index in [1.807, 2.05) is 6.92 Å². The Hall–Kier alpha value is -1.91. The minimum atomic E-state index is -0.659. The molecule has 0 saturated carbocycles. The summed E-state index contributed by atoms with van der Waals surface area (Å²) in [6.45, 7) is 1.96. The molecule has 0 heterocycles. The van der Waals surface area contributed by atoms with Gasteiger partial charge in [0.05, 0.1) is 5.56 Å². The zero-order chi connectivity index (χ0) is 12.7. The third-order valence-electron chi connectivity index (χ3n) is 2.19. The monoisotopic (exact) mass is 238 g/mol. The summed E-state index contributed by atoms with van der Waals surface area (Å²) >= 11 is 0. The summed E-state index contributed by atoms with van der Waals surface area (Å²) in [5.41, 5.74) is 4.31. The summed E-state index contributed by atoms with van der Waals surface area (Å²) in [4.78, 5) is 22.7. The first kappa shape index (κ1) is 13.2. The SMILES string of the molecule is CCCCC(=O)NNC(=O)c1ccccc1F. The molecular weight excluding hydrogens is 223 g/mol. The van der Waals surface area contributed by atoms with Gasteiger partial charge in [-0.15, -0.1) is 0 Å². The van der Waals surface area contributed by atoms with E-state index in [2.05, 4.69) is 10.9 Å². The molecule has 5 heteroatoms. The number of nitrogens with one attached hydrogen (secondary N) is 2. The summed E-state index contributed by atoms with van der Waals surface area (Å²) in [6, 6.07) is 5.58. The number of hydrazine groups is 1. The van der Waals surface area contributed by atoms with Crippen molar-refractivity contribution in [3.63, 3.8) is 0 Å². The van der Waals surface area contributed by atoms with Gasteiger partial charge in [-0.1, -0.05) is 25.5 Å². The average molecular weight is 238 g/mol. The molecule has 0 aromatic heterocycles. The quantitative estimate of drug-likeness (QED) is 0.785. The van der Waals surface area contributed by atoms with Gasteiger partial charge >= 0.3 is 0 Å². The number of hydrogen-bond donors (Lipinski definition) is 2. The van der Waals surface area contributed by atoms with Crippen LogP contribution >= 0.6 is 0 Å². The van der Waals surface area contributed by atoms with Gasteiger partial charge in [0.2, 0.25) is 5.91 Å². The predicted octanol–water partition coefficient (Wildman–Crippen LogP) is 1.78. The fourth-order valence-electron chi connectivity index (χ4n) is 1.24. The Morgan fingerprint density at radius 2 is 1.94 bits per heavy atom. The second kappa shape index (κ2) is 6.62. The molecule has 0 atom stereocenters. The molecule has 1 aromatic rings. The Morgan fingerprint density at radius 3 is 2.59 bits per heavy atom. The minimum Gasteiger partial charge on any atom is -0.273 e. The summed E-state index contributed by atoms with van der Waals surface area (Å²) in [7, 11) is 0. The number of benzene rings is 1. The number of unbranched alkanes of at least 4 members (excludes halogenated alkanes) is 1. The van der Waals surface area contributed by atoms with Gasteiger partial charge in [0.25, 0.3) is 5.91 Å². The fraction of sp³-hybridized carbons (Fsp3) is 0.333. The molecule has 0 saturated heterocycles. The van der Waals surface area contributed by atoms with Crippen molar-refractivity contribution in [1.29, 1.82) is 0 Å². The first-order valence-corrected chi connectivity index (χ1v) is 5.49. The van der Waals surface area contributed by atoms with Gasteiger partial charge < -0.3 is 0 Å². The van der Waals surface area contributed by atoms with Crippen molar-refractivity contribution in [3.05, 3.63) is 35.6 Å². The Morgan fingerprint density at radius 1 is 1.24 bits per heavy atom. The molecular formula is C12H15FN2O2. The number of amides is 2. The number of hydrogen-bond acceptors (Lipinski definition) is 2. The molecule has 2 amide bonds. The molecule has 17 heavy (non-hydrogen) atoms. The number of halogens is 1. The highest BCUT2D eigenvalue weighted by Crippen LogP contribution is 2.05. The number of rotatable bonds is 4. The van der Waals surface area contributed by atoms with E-state index in [0.29, 0.717) is 6.42 Å². The van der Waals surface area contributed by atoms with E-state index in [-0.39, 0.29) is 11.5 Å². The van der Waals surface area contributed by atoms with Crippen molar-refractivity contribution in [3.8, 4) is 0 Å². The van der Waals surface area contributed by atoms with Gasteiger partial charge in [0, 0.05) is 6.42 Å². The smallest absolute Gasteiger partial charge is 0.272 e. The first-order valence-electron chi connectivity index (χ1n) is 5.49. The van der Waals surface area contributed by atoms with Gasteiger partial charge in [0.1, 0.15) is 5.82 Å². The molecule has 0 radical (unpaired) electrons. The molecule has 2 N–H and O–H groups in total. The molecule has 0 aliphatic rings. The third kappa shape index (κ3) is 4.22. The average Bonchev–Trinajstić information content (AvgIpc) is 2.34. The molecule has 0 aliphatic carbocycles. The Balaban J connectivity index is 2.45. The van der Waals surface area contributed by atoms with E-state index in [1.54, 1.807) is 6.07 Å². The van der Waals surface area contributed by atoms with Crippen LogP contribution in [0.3, 0.4) is 0 Å². The molecule has 0 fully saturated rings. The molecule has 0 bridgehead atoms. The van der Waals surface area contributed by atoms with Gasteiger partial charge in [-0.25, -0.2) is 4.39 Å². The van der Waals surface area contributed by atoms with E-state index in [4.69, 9.17) is 0 Å². The molecule has 92 valence electrons. The van der Waals surface area contributed by atoms with Crippen molar-refractivity contribution in [2.45, 2.75) is 26.2 Å². The second-order valence-corrected chi connectivity index (χ2v) is 3.59. The van der Waals surface area contributed by atoms with Crippen LogP contribution in [0, 0.1) is 5.82 Å². The highest BCUT2D eigenvalue weighted by atomic mass is 19.1. The third-order valence-corrected chi connectivity index (χ3v) is 2.19. The summed E-state index contributed by atoms with van der Waals surface area (Å²) < 4.78 is 13.2. The molecule has 0 spiro atoms. The lowest BCUT2D eigenvalue weighted by molar-refractivity contribution is -0.121. The predicted molar refractivity (Wildman–Crippen MR) is 61.5 cm³/mol. The van der Waals surface area contributed by atoms with Crippen LogP contribution in [0.5, 0.6) is 0 Å². The lowest BCUT2D eigenvalue weighted by Gasteiger charge is -2.07. The van der Waals surface area contributed by atoms with Gasteiger partial charge in [-0.05, 0) is 18.6 Å². The van der Waals surface area contributed by atoms with Crippen molar-refractivity contribution in [2.75, 3.05) is 0 Å². The maximum Gasteiger partial charge on any atom is 0.272 e. The van der Waals surface area contributed by atoms with E-state index in [0.717, 1.165) is 12.8 Å². The topological polar surface area (TPSA) is 58.2 Å². The van der Waals surface area contributed by atoms with Crippen molar-refractivity contribution in [2.24, 2.45) is 0 Å². The van der Waals surface area contributed by atoms with Crippen LogP contribution in [0.25, 0.3) is 0 Å². The van der Waals surface area contributed by atoms with Crippen LogP contribution in [0.15, 0.2) is 24.3 Å². The van der Waals surface area contributed by atoms with Crippen LogP contribution in [0.1, 0.15) is 36.5 Å². The van der Waals surface area contributed by atoms with E-state index >= 15 is 0 Å². The largest absolute Gasteiger partial charge is 0.273 e. The molecule has 1 rings (SSSR count). The van der Waals surface area contributed by atoms with Crippen LogP contribution in [-0.4, -0.2) is 11.8 Å². The zero-order valence-corrected chi connectivity index (χ0v) is 9.63. The Bertz CT molecular complexity index is 407.